The fraction of sp³-hybridized carbons (Fsp3) is 0.400. The van der Waals surface area contributed by atoms with E-state index in [0.29, 0.717) is 58.9 Å². The highest BCUT2D eigenvalue weighted by Crippen LogP contribution is 2.25. The van der Waals surface area contributed by atoms with Crippen LogP contribution in [0, 0.1) is 19.8 Å². The third-order valence-corrected chi connectivity index (χ3v) is 7.20. The first-order valence-corrected chi connectivity index (χ1v) is 12.3. The van der Waals surface area contributed by atoms with E-state index in [1.165, 1.54) is 11.3 Å². The predicted octanol–water partition coefficient (Wildman–Crippen LogP) is 4.17. The van der Waals surface area contributed by atoms with E-state index in [1.807, 2.05) is 50.2 Å². The molecule has 2 unspecified atom stereocenters. The highest BCUT2D eigenvalue weighted by molar-refractivity contribution is 7.14. The van der Waals surface area contributed by atoms with Crippen LogP contribution >= 0.6 is 11.3 Å². The highest BCUT2D eigenvalue weighted by Gasteiger charge is 2.29. The second-order valence-electron chi connectivity index (χ2n) is 8.81. The van der Waals surface area contributed by atoms with Crippen LogP contribution in [-0.2, 0) is 11.3 Å². The van der Waals surface area contributed by atoms with Crippen LogP contribution in [0.15, 0.2) is 40.8 Å². The number of hydrogen-bond donors (Lipinski definition) is 4. The Kier molecular flexibility index (Phi) is 7.45. The average Bonchev–Trinajstić information content (AvgIpc) is 3.50. The number of thiophene rings is 1. The largest absolute Gasteiger partial charge is 0.441 e. The van der Waals surface area contributed by atoms with Crippen molar-refractivity contribution >= 4 is 28.8 Å². The van der Waals surface area contributed by atoms with Crippen LogP contribution in [0.4, 0.5) is 5.69 Å². The van der Waals surface area contributed by atoms with Crippen LogP contribution in [-0.4, -0.2) is 28.9 Å². The van der Waals surface area contributed by atoms with Crippen molar-refractivity contribution in [3.05, 3.63) is 57.6 Å². The topological polar surface area (TPSA) is 108 Å². The number of carbonyl (C=O) groups excluding carboxylic acids is 2. The molecule has 3 heterocycles. The molecule has 1 aliphatic rings. The van der Waals surface area contributed by atoms with Gasteiger partial charge in [-0.2, -0.15) is 0 Å². The van der Waals surface area contributed by atoms with Crippen LogP contribution in [0.25, 0.3) is 11.5 Å². The molecule has 0 aliphatic carbocycles. The van der Waals surface area contributed by atoms with E-state index in [9.17, 15) is 9.59 Å². The molecule has 180 valence electrons. The summed E-state index contributed by atoms with van der Waals surface area (Å²) in [5, 5.41) is 5.88. The zero-order valence-electron chi connectivity index (χ0n) is 19.9. The van der Waals surface area contributed by atoms with E-state index in [4.69, 9.17) is 4.42 Å². The van der Waals surface area contributed by atoms with Gasteiger partial charge in [-0.3, -0.25) is 20.4 Å². The van der Waals surface area contributed by atoms with Gasteiger partial charge >= 0.3 is 0 Å². The van der Waals surface area contributed by atoms with Gasteiger partial charge in [0.2, 0.25) is 11.8 Å². The van der Waals surface area contributed by atoms with Crippen molar-refractivity contribution in [3.63, 3.8) is 0 Å². The molecule has 3 aromatic rings. The molecule has 34 heavy (non-hydrogen) atoms. The number of aromatic nitrogens is 1. The lowest BCUT2D eigenvalue weighted by Gasteiger charge is -2.17. The molecule has 2 aromatic heterocycles. The number of nitrogens with zero attached hydrogens (tertiary/aromatic N) is 1. The summed E-state index contributed by atoms with van der Waals surface area (Å²) in [7, 11) is 0. The van der Waals surface area contributed by atoms with E-state index in [2.05, 4.69) is 40.3 Å². The van der Waals surface area contributed by atoms with Crippen molar-refractivity contribution in [2.45, 2.75) is 59.2 Å². The number of aryl methyl sites for hydroxylation is 2. The fourth-order valence-corrected chi connectivity index (χ4v) is 4.94. The number of anilines is 1. The van der Waals surface area contributed by atoms with Crippen LogP contribution < -0.4 is 21.5 Å². The van der Waals surface area contributed by atoms with Gasteiger partial charge in [0, 0.05) is 34.6 Å². The molecule has 0 saturated carbocycles. The van der Waals surface area contributed by atoms with Gasteiger partial charge in [-0.1, -0.05) is 6.07 Å². The second-order valence-corrected chi connectivity index (χ2v) is 10.1. The van der Waals surface area contributed by atoms with E-state index in [1.54, 1.807) is 0 Å². The highest BCUT2D eigenvalue weighted by atomic mass is 32.1. The number of nitrogens with one attached hydrogen (secondary N) is 4. The lowest BCUT2D eigenvalue weighted by atomic mass is 9.91. The molecule has 1 saturated heterocycles. The minimum atomic E-state index is -0.143. The molecule has 1 aromatic carbocycles. The minimum absolute atomic E-state index is 0.00349. The van der Waals surface area contributed by atoms with E-state index in [0.717, 1.165) is 16.9 Å². The van der Waals surface area contributed by atoms with Crippen LogP contribution in [0.3, 0.4) is 0 Å². The lowest BCUT2D eigenvalue weighted by molar-refractivity contribution is -0.121. The van der Waals surface area contributed by atoms with Gasteiger partial charge in [0.05, 0.1) is 11.4 Å². The fourth-order valence-electron chi connectivity index (χ4n) is 4.17. The van der Waals surface area contributed by atoms with Crippen LogP contribution in [0.5, 0.6) is 0 Å². The third-order valence-electron chi connectivity index (χ3n) is 6.21. The quantitative estimate of drug-likeness (QED) is 0.385. The van der Waals surface area contributed by atoms with Crippen LogP contribution in [0.2, 0.25) is 0 Å². The first-order chi connectivity index (χ1) is 16.3. The van der Waals surface area contributed by atoms with E-state index >= 15 is 0 Å². The molecular formula is C25H31N5O3S. The van der Waals surface area contributed by atoms with Crippen molar-refractivity contribution < 1.29 is 14.0 Å². The molecule has 0 spiro atoms. The van der Waals surface area contributed by atoms with Crippen molar-refractivity contribution in [3.8, 4) is 11.5 Å². The Balaban J connectivity index is 1.34. The number of oxazole rings is 1. The molecule has 4 rings (SSSR count). The monoisotopic (exact) mass is 481 g/mol. The summed E-state index contributed by atoms with van der Waals surface area (Å²) in [6.07, 6.45) is 1.29. The Bertz CT molecular complexity index is 1160. The van der Waals surface area contributed by atoms with Crippen molar-refractivity contribution in [1.82, 2.24) is 21.2 Å². The first-order valence-electron chi connectivity index (χ1n) is 11.5. The Labute approximate surface area is 203 Å². The second kappa shape index (κ2) is 10.5. The predicted molar refractivity (Wildman–Crippen MR) is 133 cm³/mol. The Morgan fingerprint density at radius 1 is 1.12 bits per heavy atom. The molecule has 1 aliphatic heterocycles. The number of hydrogen-bond acceptors (Lipinski definition) is 7. The van der Waals surface area contributed by atoms with E-state index < -0.39 is 0 Å². The molecule has 2 atom stereocenters. The van der Waals surface area contributed by atoms with Gasteiger partial charge in [0.25, 0.3) is 5.91 Å². The van der Waals surface area contributed by atoms with Gasteiger partial charge in [0.15, 0.2) is 0 Å². The van der Waals surface area contributed by atoms with Gasteiger partial charge in [-0.15, -0.1) is 11.3 Å². The van der Waals surface area contributed by atoms with Gasteiger partial charge in [0.1, 0.15) is 11.5 Å². The molecule has 0 radical (unpaired) electrons. The summed E-state index contributed by atoms with van der Waals surface area (Å²) in [4.78, 5) is 31.2. The van der Waals surface area contributed by atoms with Gasteiger partial charge < -0.3 is 15.1 Å². The third kappa shape index (κ3) is 5.72. The maximum absolute atomic E-state index is 12.5. The number of carbonyl (C=O) groups is 2. The standard InChI is InChI=1S/C25H31N5O3S/c1-14-8-10-22(34-14)24(32)27-19-7-5-6-18(12-19)25-28-21(17(4)33-25)13-26-23(31)11-9-20-15(2)29-30-16(20)3/h5-8,10,12,15-16,20,29-30H,9,11,13H2,1-4H3,(H,26,31)(H,27,32). The molecule has 9 heteroatoms. The van der Waals surface area contributed by atoms with E-state index in [-0.39, 0.29) is 11.8 Å². The molecule has 8 nitrogen and oxygen atoms in total. The van der Waals surface area contributed by atoms with Gasteiger partial charge in [-0.05, 0) is 70.4 Å². The summed E-state index contributed by atoms with van der Waals surface area (Å²) < 4.78 is 5.86. The zero-order valence-corrected chi connectivity index (χ0v) is 20.7. The van der Waals surface area contributed by atoms with Crippen LogP contribution in [0.1, 0.15) is 52.7 Å². The summed E-state index contributed by atoms with van der Waals surface area (Å²) in [6, 6.07) is 11.8. The minimum Gasteiger partial charge on any atom is -0.441 e. The first kappa shape index (κ1) is 24.1. The van der Waals surface area contributed by atoms with Gasteiger partial charge in [-0.25, -0.2) is 4.98 Å². The molecular weight excluding hydrogens is 450 g/mol. The molecule has 4 N–H and O–H groups in total. The SMILES string of the molecule is Cc1ccc(C(=O)Nc2cccc(-c3nc(CNC(=O)CCC4C(C)NNC4C)c(C)o3)c2)s1. The smallest absolute Gasteiger partial charge is 0.265 e. The van der Waals surface area contributed by atoms with Crippen molar-refractivity contribution in [1.29, 1.82) is 0 Å². The lowest BCUT2D eigenvalue weighted by Crippen LogP contribution is -2.30. The maximum atomic E-state index is 12.5. The normalized spacial score (nSPS) is 19.8. The number of rotatable bonds is 8. The molecule has 2 amide bonds. The number of benzene rings is 1. The molecule has 0 bridgehead atoms. The Hall–Kier alpha value is -3.01. The summed E-state index contributed by atoms with van der Waals surface area (Å²) >= 11 is 1.46. The molecule has 1 fully saturated rings. The van der Waals surface area contributed by atoms with Crippen molar-refractivity contribution in [2.24, 2.45) is 5.92 Å². The van der Waals surface area contributed by atoms with Crippen molar-refractivity contribution in [2.75, 3.05) is 5.32 Å². The maximum Gasteiger partial charge on any atom is 0.265 e. The summed E-state index contributed by atoms with van der Waals surface area (Å²) in [6.45, 7) is 8.38. The zero-order chi connectivity index (χ0) is 24.2. The number of amides is 2. The Morgan fingerprint density at radius 3 is 2.59 bits per heavy atom. The Morgan fingerprint density at radius 2 is 1.88 bits per heavy atom. The average molecular weight is 482 g/mol. The number of hydrazine groups is 1. The summed E-state index contributed by atoms with van der Waals surface area (Å²) in [5.41, 5.74) is 8.56. The summed E-state index contributed by atoms with van der Waals surface area (Å²) in [5.74, 6) is 1.39.